The zero-order valence-corrected chi connectivity index (χ0v) is 14.6. The molecular weight excluding hydrogens is 340 g/mol. The molecule has 1 saturated heterocycles. The van der Waals surface area contributed by atoms with Crippen LogP contribution in [0.25, 0.3) is 6.08 Å². The van der Waals surface area contributed by atoms with Crippen molar-refractivity contribution in [3.63, 3.8) is 0 Å². The lowest BCUT2D eigenvalue weighted by Gasteiger charge is -2.26. The van der Waals surface area contributed by atoms with Crippen LogP contribution in [0.4, 0.5) is 5.00 Å². The van der Waals surface area contributed by atoms with Gasteiger partial charge in [-0.15, -0.1) is 11.3 Å². The minimum absolute atomic E-state index is 0.391. The van der Waals surface area contributed by atoms with Crippen LogP contribution in [0, 0.1) is 0 Å². The first-order valence-electron chi connectivity index (χ1n) is 7.80. The number of carbonyl (C=O) groups excluding carboxylic acids is 1. The maximum Gasteiger partial charge on any atom is 0.368 e. The molecule has 2 aliphatic heterocycles. The van der Waals surface area contributed by atoms with E-state index in [-0.39, 0.29) is 0 Å². The SMILES string of the molecule is O=C1ON=C(c2ccccc2)/C1=C/c1ccc(N2CCSCC2)s1. The molecule has 0 spiro atoms. The van der Waals surface area contributed by atoms with Crippen LogP contribution in [0.2, 0.25) is 0 Å². The second-order valence-corrected chi connectivity index (χ2v) is 7.84. The summed E-state index contributed by atoms with van der Waals surface area (Å²) in [5.74, 6) is 1.95. The molecule has 0 bridgehead atoms. The number of oxime groups is 1. The van der Waals surface area contributed by atoms with E-state index in [4.69, 9.17) is 4.84 Å². The fraction of sp³-hybridized carbons (Fsp3) is 0.222. The first kappa shape index (κ1) is 15.5. The Hall–Kier alpha value is -2.05. The third kappa shape index (κ3) is 3.12. The Kier molecular flexibility index (Phi) is 4.40. The summed E-state index contributed by atoms with van der Waals surface area (Å²) in [5.41, 5.74) is 2.01. The van der Waals surface area contributed by atoms with Gasteiger partial charge in [0.1, 0.15) is 5.71 Å². The number of benzene rings is 1. The van der Waals surface area contributed by atoms with Crippen molar-refractivity contribution in [3.8, 4) is 0 Å². The van der Waals surface area contributed by atoms with Gasteiger partial charge in [0.2, 0.25) is 0 Å². The lowest BCUT2D eigenvalue weighted by Crippen LogP contribution is -2.31. The normalized spacial score (nSPS) is 19.5. The van der Waals surface area contributed by atoms with Crippen LogP contribution in [-0.4, -0.2) is 36.3 Å². The van der Waals surface area contributed by atoms with Gasteiger partial charge in [-0.2, -0.15) is 11.8 Å². The van der Waals surface area contributed by atoms with Crippen molar-refractivity contribution >= 4 is 45.9 Å². The molecular formula is C18H16N2O2S2. The third-order valence-corrected chi connectivity index (χ3v) is 6.00. The molecule has 24 heavy (non-hydrogen) atoms. The van der Waals surface area contributed by atoms with Crippen LogP contribution in [0.3, 0.4) is 0 Å². The van der Waals surface area contributed by atoms with E-state index in [1.165, 1.54) is 16.5 Å². The van der Waals surface area contributed by atoms with E-state index in [1.54, 1.807) is 11.3 Å². The predicted molar refractivity (Wildman–Crippen MR) is 101 cm³/mol. The van der Waals surface area contributed by atoms with Gasteiger partial charge in [-0.1, -0.05) is 35.5 Å². The van der Waals surface area contributed by atoms with E-state index in [1.807, 2.05) is 48.2 Å². The summed E-state index contributed by atoms with van der Waals surface area (Å²) in [6.45, 7) is 2.17. The summed E-state index contributed by atoms with van der Waals surface area (Å²) in [5, 5.41) is 5.21. The summed E-state index contributed by atoms with van der Waals surface area (Å²) < 4.78 is 0. The van der Waals surface area contributed by atoms with Crippen molar-refractivity contribution in [2.75, 3.05) is 29.5 Å². The minimum Gasteiger partial charge on any atom is -0.362 e. The summed E-state index contributed by atoms with van der Waals surface area (Å²) in [6.07, 6.45) is 1.88. The average Bonchev–Trinajstić information content (AvgIpc) is 3.25. The van der Waals surface area contributed by atoms with E-state index in [0.717, 1.165) is 23.5 Å². The van der Waals surface area contributed by atoms with E-state index < -0.39 is 5.97 Å². The fourth-order valence-electron chi connectivity index (χ4n) is 2.73. The average molecular weight is 356 g/mol. The Balaban J connectivity index is 1.61. The molecule has 1 aromatic carbocycles. The molecule has 0 saturated carbocycles. The third-order valence-electron chi connectivity index (χ3n) is 3.96. The Morgan fingerprint density at radius 1 is 1.08 bits per heavy atom. The summed E-state index contributed by atoms with van der Waals surface area (Å²) in [7, 11) is 0. The number of hydrogen-bond donors (Lipinski definition) is 0. The van der Waals surface area contributed by atoms with Gasteiger partial charge in [0.05, 0.1) is 10.6 Å². The van der Waals surface area contributed by atoms with Gasteiger partial charge in [-0.3, -0.25) is 0 Å². The summed E-state index contributed by atoms with van der Waals surface area (Å²) in [6, 6.07) is 13.8. The van der Waals surface area contributed by atoms with Gasteiger partial charge in [0, 0.05) is 35.0 Å². The molecule has 0 aliphatic carbocycles. The first-order chi connectivity index (χ1) is 11.8. The smallest absolute Gasteiger partial charge is 0.362 e. The largest absolute Gasteiger partial charge is 0.368 e. The van der Waals surface area contributed by atoms with E-state index >= 15 is 0 Å². The lowest BCUT2D eigenvalue weighted by molar-refractivity contribution is -0.136. The number of carbonyl (C=O) groups is 1. The van der Waals surface area contributed by atoms with Crippen LogP contribution in [-0.2, 0) is 9.63 Å². The summed E-state index contributed by atoms with van der Waals surface area (Å²) in [4.78, 5) is 20.4. The van der Waals surface area contributed by atoms with Gasteiger partial charge >= 0.3 is 5.97 Å². The van der Waals surface area contributed by atoms with Crippen LogP contribution < -0.4 is 4.90 Å². The molecule has 1 aromatic heterocycles. The second-order valence-electron chi connectivity index (χ2n) is 5.52. The fourth-order valence-corrected chi connectivity index (χ4v) is 4.63. The van der Waals surface area contributed by atoms with Gasteiger partial charge in [0.15, 0.2) is 0 Å². The molecule has 6 heteroatoms. The Morgan fingerprint density at radius 2 is 1.88 bits per heavy atom. The number of nitrogens with zero attached hydrogens (tertiary/aromatic N) is 2. The van der Waals surface area contributed by atoms with Gasteiger partial charge in [-0.05, 0) is 18.2 Å². The van der Waals surface area contributed by atoms with Gasteiger partial charge < -0.3 is 9.74 Å². The number of hydrogen-bond acceptors (Lipinski definition) is 6. The minimum atomic E-state index is -0.391. The highest BCUT2D eigenvalue weighted by molar-refractivity contribution is 7.99. The van der Waals surface area contributed by atoms with Gasteiger partial charge in [0.25, 0.3) is 0 Å². The quantitative estimate of drug-likeness (QED) is 0.622. The molecule has 0 atom stereocenters. The lowest BCUT2D eigenvalue weighted by atomic mass is 10.0. The molecule has 3 heterocycles. The van der Waals surface area contributed by atoms with Crippen LogP contribution in [0.15, 0.2) is 53.2 Å². The van der Waals surface area contributed by atoms with E-state index in [2.05, 4.69) is 22.2 Å². The first-order valence-corrected chi connectivity index (χ1v) is 9.78. The highest BCUT2D eigenvalue weighted by atomic mass is 32.2. The monoisotopic (exact) mass is 356 g/mol. The molecule has 1 fully saturated rings. The molecule has 2 aliphatic rings. The standard InChI is InChI=1S/C18H16N2O2S2/c21-18-15(17(19-22-18)13-4-2-1-3-5-13)12-14-6-7-16(24-14)20-8-10-23-11-9-20/h1-7,12H,8-11H2/b15-12-. The molecule has 0 amide bonds. The Bertz CT molecular complexity index is 805. The highest BCUT2D eigenvalue weighted by Crippen LogP contribution is 2.31. The van der Waals surface area contributed by atoms with E-state index in [9.17, 15) is 4.79 Å². The molecule has 2 aromatic rings. The van der Waals surface area contributed by atoms with E-state index in [0.29, 0.717) is 11.3 Å². The number of rotatable bonds is 3. The van der Waals surface area contributed by atoms with Crippen molar-refractivity contribution in [2.24, 2.45) is 5.16 Å². The number of thiophene rings is 1. The molecule has 0 radical (unpaired) electrons. The van der Waals surface area contributed by atoms with Crippen LogP contribution in [0.1, 0.15) is 10.4 Å². The highest BCUT2D eigenvalue weighted by Gasteiger charge is 2.27. The van der Waals surface area contributed by atoms with Crippen LogP contribution in [0.5, 0.6) is 0 Å². The predicted octanol–water partition coefficient (Wildman–Crippen LogP) is 3.65. The van der Waals surface area contributed by atoms with Crippen LogP contribution >= 0.6 is 23.1 Å². The number of anilines is 1. The van der Waals surface area contributed by atoms with Crippen molar-refractivity contribution in [1.82, 2.24) is 0 Å². The molecule has 4 rings (SSSR count). The molecule has 122 valence electrons. The maximum atomic E-state index is 12.1. The van der Waals surface area contributed by atoms with Crippen molar-refractivity contribution in [2.45, 2.75) is 0 Å². The van der Waals surface area contributed by atoms with Crippen molar-refractivity contribution in [1.29, 1.82) is 0 Å². The maximum absolute atomic E-state index is 12.1. The zero-order valence-electron chi connectivity index (χ0n) is 13.0. The topological polar surface area (TPSA) is 41.9 Å². The zero-order chi connectivity index (χ0) is 16.4. The number of thioether (sulfide) groups is 1. The molecule has 0 unspecified atom stereocenters. The van der Waals surface area contributed by atoms with Crippen molar-refractivity contribution < 1.29 is 9.63 Å². The molecule has 4 nitrogen and oxygen atoms in total. The molecule has 0 N–H and O–H groups in total. The van der Waals surface area contributed by atoms with Gasteiger partial charge in [-0.25, -0.2) is 4.79 Å². The van der Waals surface area contributed by atoms with Crippen molar-refractivity contribution in [3.05, 3.63) is 58.5 Å². The second kappa shape index (κ2) is 6.83. The summed E-state index contributed by atoms with van der Waals surface area (Å²) >= 11 is 3.70. The Morgan fingerprint density at radius 3 is 2.67 bits per heavy atom. The Labute approximate surface area is 148 Å².